The second-order valence-corrected chi connectivity index (χ2v) is 13.5. The minimum Gasteiger partial charge on any atom is -0.460 e. The van der Waals surface area contributed by atoms with Crippen LogP contribution in [-0.4, -0.2) is 65.3 Å². The molecule has 218 valence electrons. The molecule has 0 radical (unpaired) electrons. The van der Waals surface area contributed by atoms with Gasteiger partial charge in [-0.25, -0.2) is 4.79 Å². The van der Waals surface area contributed by atoms with E-state index in [1.165, 1.54) is 0 Å². The van der Waals surface area contributed by atoms with Gasteiger partial charge in [0.05, 0.1) is 18.2 Å². The van der Waals surface area contributed by atoms with Gasteiger partial charge >= 0.3 is 11.9 Å². The van der Waals surface area contributed by atoms with E-state index in [2.05, 4.69) is 27.9 Å². The largest absolute Gasteiger partial charge is 0.460 e. The van der Waals surface area contributed by atoms with E-state index in [1.54, 1.807) is 45.0 Å². The summed E-state index contributed by atoms with van der Waals surface area (Å²) in [5.74, 6) is -1.32. The third-order valence-electron chi connectivity index (χ3n) is 7.69. The number of benzene rings is 1. The monoisotopic (exact) mass is 667 g/mol. The Morgan fingerprint density at radius 3 is 2.45 bits per heavy atom. The molecular weight excluding hydrogens is 629 g/mol. The van der Waals surface area contributed by atoms with E-state index < -0.39 is 53.6 Å². The van der Waals surface area contributed by atoms with Gasteiger partial charge in [-0.2, -0.15) is 0 Å². The highest BCUT2D eigenvalue weighted by Crippen LogP contribution is 2.59. The summed E-state index contributed by atoms with van der Waals surface area (Å²) in [6.07, 6.45) is 4.63. The van der Waals surface area contributed by atoms with Crippen molar-refractivity contribution in [3.05, 3.63) is 45.0 Å². The molecule has 2 saturated carbocycles. The Kier molecular flexibility index (Phi) is 8.62. The molecule has 4 atom stereocenters. The van der Waals surface area contributed by atoms with Gasteiger partial charge in [0.15, 0.2) is 5.79 Å². The molecule has 1 saturated heterocycles. The first kappa shape index (κ1) is 29.5. The maximum atomic E-state index is 13.4. The van der Waals surface area contributed by atoms with Crippen LogP contribution >= 0.6 is 22.6 Å². The van der Waals surface area contributed by atoms with Crippen molar-refractivity contribution in [3.8, 4) is 0 Å². The van der Waals surface area contributed by atoms with E-state index in [0.717, 1.165) is 29.3 Å². The van der Waals surface area contributed by atoms with Crippen LogP contribution in [0.5, 0.6) is 0 Å². The van der Waals surface area contributed by atoms with Gasteiger partial charge in [-0.3, -0.25) is 9.59 Å². The lowest BCUT2D eigenvalue weighted by Gasteiger charge is -2.31. The van der Waals surface area contributed by atoms with Crippen molar-refractivity contribution in [1.82, 2.24) is 5.32 Å². The van der Waals surface area contributed by atoms with Crippen molar-refractivity contribution < 1.29 is 38.4 Å². The van der Waals surface area contributed by atoms with Crippen LogP contribution in [0.15, 0.2) is 35.9 Å². The van der Waals surface area contributed by atoms with Crippen molar-refractivity contribution in [2.75, 3.05) is 6.61 Å². The maximum Gasteiger partial charge on any atom is 0.338 e. The molecule has 1 heterocycles. The van der Waals surface area contributed by atoms with Crippen molar-refractivity contribution in [1.29, 1.82) is 0 Å². The third-order valence-corrected chi connectivity index (χ3v) is 8.36. The number of fused-ring (bicyclic) bond motifs is 1. The van der Waals surface area contributed by atoms with Crippen molar-refractivity contribution in [3.63, 3.8) is 0 Å². The second kappa shape index (κ2) is 11.7. The Morgan fingerprint density at radius 1 is 1.15 bits per heavy atom. The minimum absolute atomic E-state index is 0.0604. The zero-order valence-corrected chi connectivity index (χ0v) is 25.3. The van der Waals surface area contributed by atoms with Gasteiger partial charge < -0.3 is 29.4 Å². The van der Waals surface area contributed by atoms with Gasteiger partial charge in [-0.05, 0) is 99.7 Å². The van der Waals surface area contributed by atoms with Gasteiger partial charge in [0, 0.05) is 33.8 Å². The molecule has 0 spiro atoms. The molecule has 0 aromatic heterocycles. The fraction of sp³-hybridized carbons (Fsp3) is 0.633. The average molecular weight is 668 g/mol. The maximum absolute atomic E-state index is 13.4. The predicted octanol–water partition coefficient (Wildman–Crippen LogP) is 4.05. The van der Waals surface area contributed by atoms with Crippen LogP contribution in [0.1, 0.15) is 76.1 Å². The molecule has 3 fully saturated rings. The molecule has 1 aromatic carbocycles. The topological polar surface area (TPSA) is 120 Å². The molecule has 40 heavy (non-hydrogen) atoms. The minimum atomic E-state index is -0.713. The summed E-state index contributed by atoms with van der Waals surface area (Å²) in [4.78, 5) is 38.7. The summed E-state index contributed by atoms with van der Waals surface area (Å²) in [5.41, 5.74) is 0.229. The predicted molar refractivity (Wildman–Crippen MR) is 153 cm³/mol. The Balaban J connectivity index is 1.31. The summed E-state index contributed by atoms with van der Waals surface area (Å²) in [5, 5.41) is 12.7. The normalized spacial score (nSPS) is 26.3. The Labute approximate surface area is 248 Å². The van der Waals surface area contributed by atoms with Gasteiger partial charge in [0.25, 0.3) is 0 Å². The number of halogens is 1. The van der Waals surface area contributed by atoms with Crippen molar-refractivity contribution in [2.45, 2.75) is 101 Å². The first-order valence-corrected chi connectivity index (χ1v) is 15.2. The lowest BCUT2D eigenvalue weighted by molar-refractivity contribution is -0.209. The number of hydrogen-bond donors (Lipinski definition) is 2. The fourth-order valence-electron chi connectivity index (χ4n) is 5.56. The number of carbonyl (C=O) groups is 3. The first-order chi connectivity index (χ1) is 19.0. The molecule has 4 aliphatic rings. The van der Waals surface area contributed by atoms with Crippen LogP contribution in [0.4, 0.5) is 0 Å². The highest BCUT2D eigenvalue weighted by molar-refractivity contribution is 14.1. The number of aliphatic hydroxyl groups excluding tert-OH is 1. The molecule has 0 bridgehead atoms. The van der Waals surface area contributed by atoms with E-state index in [4.69, 9.17) is 18.9 Å². The van der Waals surface area contributed by atoms with Crippen LogP contribution in [0, 0.1) is 15.4 Å². The number of carbonyl (C=O) groups excluding carboxylic acids is 3. The number of aliphatic hydroxyl groups is 1. The van der Waals surface area contributed by atoms with Crippen molar-refractivity contribution in [2.24, 2.45) is 11.8 Å². The smallest absolute Gasteiger partial charge is 0.338 e. The Morgan fingerprint density at radius 2 is 1.85 bits per heavy atom. The van der Waals surface area contributed by atoms with Crippen LogP contribution in [-0.2, 0) is 28.5 Å². The fourth-order valence-corrected chi connectivity index (χ4v) is 6.11. The standard InChI is InChI=1S/C30H38INO8/c1-29(2,3)39-25(34)12-11-22(16-33)32-27(35)18-14-23(37-28(36)17-5-4-6-21(31)13-17)26-24(15-18)38-30(40-26,19-7-8-19)20-9-10-20/h4-6,13,15,19-20,22-24,26,33H,7-12,14,16H2,1-3H3,(H,32,35)/t22-,23+,24+,26-/m0/s1. The van der Waals surface area contributed by atoms with Gasteiger partial charge in [-0.15, -0.1) is 0 Å². The average Bonchev–Trinajstić information content (AvgIpc) is 3.82. The second-order valence-electron chi connectivity index (χ2n) is 12.3. The Hall–Kier alpha value is -2.02. The molecule has 1 aliphatic heterocycles. The number of amides is 1. The summed E-state index contributed by atoms with van der Waals surface area (Å²) in [6.45, 7) is 5.04. The lowest BCUT2D eigenvalue weighted by Crippen LogP contribution is -2.45. The molecule has 5 rings (SSSR count). The van der Waals surface area contributed by atoms with E-state index >= 15 is 0 Å². The molecule has 9 nitrogen and oxygen atoms in total. The Bertz CT molecular complexity index is 1160. The van der Waals surface area contributed by atoms with Crippen LogP contribution in [0.2, 0.25) is 0 Å². The summed E-state index contributed by atoms with van der Waals surface area (Å²) < 4.78 is 25.5. The molecule has 1 aromatic rings. The third kappa shape index (κ3) is 6.88. The van der Waals surface area contributed by atoms with E-state index in [1.807, 2.05) is 6.07 Å². The van der Waals surface area contributed by atoms with E-state index in [-0.39, 0.29) is 25.9 Å². The van der Waals surface area contributed by atoms with Crippen LogP contribution in [0.25, 0.3) is 0 Å². The number of ether oxygens (including phenoxy) is 4. The molecule has 2 N–H and O–H groups in total. The number of nitrogens with one attached hydrogen (secondary N) is 1. The van der Waals surface area contributed by atoms with Gasteiger partial charge in [0.2, 0.25) is 5.91 Å². The van der Waals surface area contributed by atoms with Crippen molar-refractivity contribution >= 4 is 40.4 Å². The molecular formula is C30H38INO8. The quantitative estimate of drug-likeness (QED) is 0.284. The molecule has 1 amide bonds. The molecule has 3 aliphatic carbocycles. The van der Waals surface area contributed by atoms with E-state index in [0.29, 0.717) is 23.0 Å². The van der Waals surface area contributed by atoms with Gasteiger partial charge in [0.1, 0.15) is 23.9 Å². The summed E-state index contributed by atoms with van der Waals surface area (Å²) in [6, 6.07) is 6.52. The summed E-state index contributed by atoms with van der Waals surface area (Å²) in [7, 11) is 0. The van der Waals surface area contributed by atoms with Crippen LogP contribution in [0.3, 0.4) is 0 Å². The zero-order chi connectivity index (χ0) is 28.7. The first-order valence-electron chi connectivity index (χ1n) is 14.1. The summed E-state index contributed by atoms with van der Waals surface area (Å²) >= 11 is 2.15. The number of esters is 2. The van der Waals surface area contributed by atoms with E-state index in [9.17, 15) is 19.5 Å². The zero-order valence-electron chi connectivity index (χ0n) is 23.2. The van der Waals surface area contributed by atoms with Crippen LogP contribution < -0.4 is 5.32 Å². The highest BCUT2D eigenvalue weighted by Gasteiger charge is 2.64. The molecule has 10 heteroatoms. The lowest BCUT2D eigenvalue weighted by atomic mass is 9.91. The molecule has 0 unspecified atom stereocenters. The number of rotatable bonds is 10. The SMILES string of the molecule is CC(C)(C)OC(=O)CC[C@@H](CO)NC(=O)C1=C[C@H]2OC(C3CC3)(C3CC3)O[C@H]2[C@H](OC(=O)c2cccc(I)c2)C1. The number of hydrogen-bond acceptors (Lipinski definition) is 8. The highest BCUT2D eigenvalue weighted by atomic mass is 127. The van der Waals surface area contributed by atoms with Gasteiger partial charge in [-0.1, -0.05) is 6.07 Å².